The summed E-state index contributed by atoms with van der Waals surface area (Å²) in [6.07, 6.45) is -0.411. The molecule has 0 aliphatic carbocycles. The highest BCUT2D eigenvalue weighted by molar-refractivity contribution is 5.83. The molecule has 0 bridgehead atoms. The fourth-order valence-corrected chi connectivity index (χ4v) is 3.22. The molecule has 1 aromatic rings. The smallest absolute Gasteiger partial charge is 0.407 e. The van der Waals surface area contributed by atoms with Crippen LogP contribution in [0.2, 0.25) is 0 Å². The fraction of sp³-hybridized carbons (Fsp3) is 0.526. The van der Waals surface area contributed by atoms with Gasteiger partial charge in [0, 0.05) is 13.0 Å². The maximum Gasteiger partial charge on any atom is 0.407 e. The highest BCUT2D eigenvalue weighted by Gasteiger charge is 2.47. The molecule has 1 saturated heterocycles. The third-order valence-electron chi connectivity index (χ3n) is 4.68. The van der Waals surface area contributed by atoms with Gasteiger partial charge in [-0.05, 0) is 32.5 Å². The zero-order valence-corrected chi connectivity index (χ0v) is 15.4. The molecule has 0 saturated carbocycles. The Balaban J connectivity index is 2.23. The second-order valence-electron chi connectivity index (χ2n) is 6.46. The topological polar surface area (TPSA) is 86.2 Å². The number of alkyl carbamates (subject to hydrolysis) is 1. The lowest BCUT2D eigenvalue weighted by Crippen LogP contribution is -2.59. The normalized spacial score (nSPS) is 24.8. The van der Waals surface area contributed by atoms with E-state index in [0.717, 1.165) is 5.56 Å². The lowest BCUT2D eigenvalue weighted by atomic mass is 9.80. The van der Waals surface area contributed by atoms with E-state index in [9.17, 15) is 9.59 Å². The van der Waals surface area contributed by atoms with Gasteiger partial charge in [0.2, 0.25) is 0 Å². The van der Waals surface area contributed by atoms with Crippen molar-refractivity contribution in [2.75, 3.05) is 13.7 Å². The van der Waals surface area contributed by atoms with Gasteiger partial charge in [-0.15, -0.1) is 0 Å². The van der Waals surface area contributed by atoms with Gasteiger partial charge in [0.1, 0.15) is 6.10 Å². The third kappa shape index (κ3) is 4.60. The Kier molecular flexibility index (Phi) is 6.74. The first-order valence-electron chi connectivity index (χ1n) is 8.61. The SMILES string of the molecule is C=NC1(C(NC(=O)OC)C(=O)OC(C)c2ccccc2)CCOC(C)C1. The van der Waals surface area contributed by atoms with Gasteiger partial charge < -0.3 is 19.5 Å². The van der Waals surface area contributed by atoms with E-state index in [2.05, 4.69) is 21.8 Å². The minimum Gasteiger partial charge on any atom is -0.456 e. The number of benzene rings is 1. The Morgan fingerprint density at radius 2 is 2.08 bits per heavy atom. The molecule has 1 aliphatic rings. The number of carbonyl (C=O) groups is 2. The van der Waals surface area contributed by atoms with E-state index < -0.39 is 29.7 Å². The van der Waals surface area contributed by atoms with E-state index in [1.165, 1.54) is 7.11 Å². The Bertz CT molecular complexity index is 636. The zero-order chi connectivity index (χ0) is 19.2. The van der Waals surface area contributed by atoms with Crippen molar-refractivity contribution >= 4 is 18.8 Å². The van der Waals surface area contributed by atoms with Crippen LogP contribution in [0.25, 0.3) is 0 Å². The Hall–Kier alpha value is -2.41. The molecule has 1 amide bonds. The number of hydrogen-bond acceptors (Lipinski definition) is 6. The molecule has 0 aromatic heterocycles. The molecular weight excluding hydrogens is 336 g/mol. The molecule has 26 heavy (non-hydrogen) atoms. The molecule has 0 radical (unpaired) electrons. The van der Waals surface area contributed by atoms with Crippen LogP contribution in [0.1, 0.15) is 38.4 Å². The van der Waals surface area contributed by atoms with Crippen molar-refractivity contribution < 1.29 is 23.8 Å². The summed E-state index contributed by atoms with van der Waals surface area (Å²) in [6.45, 7) is 7.75. The molecule has 2 rings (SSSR count). The van der Waals surface area contributed by atoms with Crippen LogP contribution in [-0.4, -0.2) is 50.2 Å². The van der Waals surface area contributed by atoms with E-state index in [0.29, 0.717) is 19.4 Å². The van der Waals surface area contributed by atoms with Crippen molar-refractivity contribution in [3.05, 3.63) is 35.9 Å². The fourth-order valence-electron chi connectivity index (χ4n) is 3.22. The first-order chi connectivity index (χ1) is 12.4. The summed E-state index contributed by atoms with van der Waals surface area (Å²) in [7, 11) is 1.24. The van der Waals surface area contributed by atoms with Gasteiger partial charge in [-0.25, -0.2) is 9.59 Å². The maximum atomic E-state index is 12.9. The average molecular weight is 362 g/mol. The Morgan fingerprint density at radius 1 is 1.38 bits per heavy atom. The van der Waals surface area contributed by atoms with Gasteiger partial charge >= 0.3 is 12.1 Å². The van der Waals surface area contributed by atoms with Crippen molar-refractivity contribution in [2.45, 2.75) is 50.5 Å². The van der Waals surface area contributed by atoms with Crippen LogP contribution in [0.15, 0.2) is 35.3 Å². The van der Waals surface area contributed by atoms with Crippen molar-refractivity contribution in [1.82, 2.24) is 5.32 Å². The molecule has 7 heteroatoms. The van der Waals surface area contributed by atoms with Crippen LogP contribution < -0.4 is 5.32 Å². The largest absolute Gasteiger partial charge is 0.456 e. The number of carbonyl (C=O) groups excluding carboxylic acids is 2. The van der Waals surface area contributed by atoms with Gasteiger partial charge in [-0.1, -0.05) is 30.3 Å². The van der Waals surface area contributed by atoms with Crippen molar-refractivity contribution in [3.8, 4) is 0 Å². The number of amides is 1. The number of methoxy groups -OCH3 is 1. The number of aliphatic imine (C=N–C) groups is 1. The van der Waals surface area contributed by atoms with Crippen molar-refractivity contribution in [3.63, 3.8) is 0 Å². The highest BCUT2D eigenvalue weighted by Crippen LogP contribution is 2.33. The molecule has 1 heterocycles. The predicted molar refractivity (Wildman–Crippen MR) is 97.2 cm³/mol. The second-order valence-corrected chi connectivity index (χ2v) is 6.46. The molecular formula is C19H26N2O5. The molecule has 7 nitrogen and oxygen atoms in total. The van der Waals surface area contributed by atoms with Gasteiger partial charge in [0.15, 0.2) is 6.04 Å². The van der Waals surface area contributed by atoms with Crippen LogP contribution in [0.4, 0.5) is 4.79 Å². The average Bonchev–Trinajstić information content (AvgIpc) is 2.66. The number of esters is 1. The summed E-state index contributed by atoms with van der Waals surface area (Å²) in [6, 6.07) is 8.37. The number of hydrogen-bond donors (Lipinski definition) is 1. The van der Waals surface area contributed by atoms with Gasteiger partial charge in [-0.2, -0.15) is 0 Å². The Morgan fingerprint density at radius 3 is 2.65 bits per heavy atom. The first-order valence-corrected chi connectivity index (χ1v) is 8.61. The summed E-state index contributed by atoms with van der Waals surface area (Å²) in [4.78, 5) is 29.0. The maximum absolute atomic E-state index is 12.9. The van der Waals surface area contributed by atoms with Crippen LogP contribution >= 0.6 is 0 Å². The molecule has 0 spiro atoms. The molecule has 4 unspecified atom stereocenters. The van der Waals surface area contributed by atoms with Gasteiger partial charge in [0.25, 0.3) is 0 Å². The van der Waals surface area contributed by atoms with E-state index >= 15 is 0 Å². The van der Waals surface area contributed by atoms with Crippen molar-refractivity contribution in [2.24, 2.45) is 4.99 Å². The van der Waals surface area contributed by atoms with Crippen LogP contribution in [0.5, 0.6) is 0 Å². The molecule has 1 fully saturated rings. The van der Waals surface area contributed by atoms with E-state index in [4.69, 9.17) is 9.47 Å². The highest BCUT2D eigenvalue weighted by atomic mass is 16.6. The van der Waals surface area contributed by atoms with E-state index in [1.54, 1.807) is 6.92 Å². The molecule has 1 aliphatic heterocycles. The predicted octanol–water partition coefficient (Wildman–Crippen LogP) is 2.65. The monoisotopic (exact) mass is 362 g/mol. The first kappa shape index (κ1) is 19.9. The summed E-state index contributed by atoms with van der Waals surface area (Å²) >= 11 is 0. The standard InChI is InChI=1S/C19H26N2O5/c1-13-12-19(20-3,10-11-25-13)16(21-18(23)24-4)17(22)26-14(2)15-8-6-5-7-9-15/h5-9,13-14,16H,3,10-12H2,1-2,4H3,(H,21,23). The van der Waals surface area contributed by atoms with Crippen LogP contribution in [-0.2, 0) is 19.0 Å². The number of nitrogens with zero attached hydrogens (tertiary/aromatic N) is 1. The quantitative estimate of drug-likeness (QED) is 0.621. The molecule has 142 valence electrons. The van der Waals surface area contributed by atoms with E-state index in [-0.39, 0.29) is 6.10 Å². The minimum atomic E-state index is -1.01. The molecule has 1 N–H and O–H groups in total. The van der Waals surface area contributed by atoms with Gasteiger partial charge in [0.05, 0.1) is 18.8 Å². The Labute approximate surface area is 153 Å². The minimum absolute atomic E-state index is 0.115. The van der Waals surface area contributed by atoms with Crippen molar-refractivity contribution in [1.29, 1.82) is 0 Å². The van der Waals surface area contributed by atoms with Crippen LogP contribution in [0.3, 0.4) is 0 Å². The number of ether oxygens (including phenoxy) is 3. The number of rotatable bonds is 6. The van der Waals surface area contributed by atoms with Gasteiger partial charge in [-0.3, -0.25) is 4.99 Å². The lowest BCUT2D eigenvalue weighted by molar-refractivity contribution is -0.154. The summed E-state index contributed by atoms with van der Waals surface area (Å²) < 4.78 is 15.9. The summed E-state index contributed by atoms with van der Waals surface area (Å²) in [5.74, 6) is -0.576. The zero-order valence-electron chi connectivity index (χ0n) is 15.4. The lowest BCUT2D eigenvalue weighted by Gasteiger charge is -2.41. The summed E-state index contributed by atoms with van der Waals surface area (Å²) in [5.41, 5.74) is -0.0436. The van der Waals surface area contributed by atoms with Crippen LogP contribution in [0, 0.1) is 0 Å². The number of nitrogens with one attached hydrogen (secondary N) is 1. The molecule has 1 aromatic carbocycles. The summed E-state index contributed by atoms with van der Waals surface area (Å²) in [5, 5.41) is 2.58. The van der Waals surface area contributed by atoms with E-state index in [1.807, 2.05) is 37.3 Å². The second kappa shape index (κ2) is 8.80. The third-order valence-corrected chi connectivity index (χ3v) is 4.68. The molecule has 4 atom stereocenters.